The van der Waals surface area contributed by atoms with E-state index in [-0.39, 0.29) is 5.41 Å². The van der Waals surface area contributed by atoms with Crippen molar-refractivity contribution in [3.63, 3.8) is 0 Å². The molecule has 0 amide bonds. The fourth-order valence-electron chi connectivity index (χ4n) is 1.98. The van der Waals surface area contributed by atoms with Gasteiger partial charge in [-0.3, -0.25) is 0 Å². The summed E-state index contributed by atoms with van der Waals surface area (Å²) in [6.07, 6.45) is 0. The van der Waals surface area contributed by atoms with Gasteiger partial charge in [-0.05, 0) is 12.1 Å². The van der Waals surface area contributed by atoms with Crippen LogP contribution in [0.5, 0.6) is 11.5 Å². The van der Waals surface area contributed by atoms with E-state index in [1.54, 1.807) is 25.6 Å². The maximum atomic E-state index is 5.98. The van der Waals surface area contributed by atoms with E-state index in [0.717, 1.165) is 10.7 Å². The summed E-state index contributed by atoms with van der Waals surface area (Å²) in [7, 11) is 3.21. The molecule has 0 spiro atoms. The smallest absolute Gasteiger partial charge is 0.193 e. The fraction of sp³-hybridized carbons (Fsp3) is 0.412. The predicted octanol–water partition coefficient (Wildman–Crippen LogP) is 3.38. The van der Waals surface area contributed by atoms with E-state index in [2.05, 4.69) is 36.1 Å². The van der Waals surface area contributed by atoms with E-state index in [9.17, 15) is 0 Å². The number of aliphatic imine (C=N–C) groups is 1. The first-order valence-corrected chi connectivity index (χ1v) is 8.45. The Morgan fingerprint density at radius 2 is 2.04 bits per heavy atom. The Labute approximate surface area is 146 Å². The van der Waals surface area contributed by atoms with Crippen molar-refractivity contribution in [3.8, 4) is 11.5 Å². The molecule has 0 saturated heterocycles. The number of aromatic nitrogens is 1. The minimum atomic E-state index is 0.0460. The third-order valence-electron chi connectivity index (χ3n) is 3.27. The number of methoxy groups -OCH3 is 2. The summed E-state index contributed by atoms with van der Waals surface area (Å²) >= 11 is 1.65. The standard InChI is InChI=1S/C17H24N4O2S/c1-17(2,3)15-20-11(10-24-15)9-19-16(18)21-13-8-12(22-4)6-7-14(13)23-5/h6-8,10H,9H2,1-5H3,(H3,18,19,21). The van der Waals surface area contributed by atoms with Crippen molar-refractivity contribution in [2.24, 2.45) is 10.7 Å². The first-order chi connectivity index (χ1) is 11.3. The second kappa shape index (κ2) is 7.53. The first-order valence-electron chi connectivity index (χ1n) is 7.57. The summed E-state index contributed by atoms with van der Waals surface area (Å²) in [6.45, 7) is 6.86. The van der Waals surface area contributed by atoms with Gasteiger partial charge >= 0.3 is 0 Å². The Morgan fingerprint density at radius 1 is 1.29 bits per heavy atom. The zero-order chi connectivity index (χ0) is 17.7. The number of hydrogen-bond donors (Lipinski definition) is 2. The number of ether oxygens (including phenoxy) is 2. The Kier molecular flexibility index (Phi) is 5.66. The van der Waals surface area contributed by atoms with Crippen LogP contribution in [0.4, 0.5) is 5.69 Å². The van der Waals surface area contributed by atoms with E-state index in [4.69, 9.17) is 15.2 Å². The van der Waals surface area contributed by atoms with Crippen LogP contribution >= 0.6 is 11.3 Å². The quantitative estimate of drug-likeness (QED) is 0.639. The lowest BCUT2D eigenvalue weighted by Crippen LogP contribution is -2.23. The highest BCUT2D eigenvalue weighted by Crippen LogP contribution is 2.29. The fourth-order valence-corrected chi connectivity index (χ4v) is 2.88. The number of rotatable bonds is 5. The van der Waals surface area contributed by atoms with Crippen molar-refractivity contribution in [2.75, 3.05) is 19.5 Å². The van der Waals surface area contributed by atoms with Crippen LogP contribution < -0.4 is 20.5 Å². The van der Waals surface area contributed by atoms with Crippen LogP contribution in [0.2, 0.25) is 0 Å². The Balaban J connectivity index is 2.08. The predicted molar refractivity (Wildman–Crippen MR) is 99.3 cm³/mol. The molecule has 0 aliphatic heterocycles. The van der Waals surface area contributed by atoms with E-state index in [0.29, 0.717) is 29.7 Å². The van der Waals surface area contributed by atoms with Crippen molar-refractivity contribution >= 4 is 23.0 Å². The minimum absolute atomic E-state index is 0.0460. The van der Waals surface area contributed by atoms with Crippen molar-refractivity contribution in [1.82, 2.24) is 4.98 Å². The van der Waals surface area contributed by atoms with E-state index < -0.39 is 0 Å². The molecule has 2 aromatic rings. The summed E-state index contributed by atoms with van der Waals surface area (Å²) in [5.74, 6) is 1.67. The van der Waals surface area contributed by atoms with Crippen LogP contribution in [0.15, 0.2) is 28.6 Å². The molecule has 1 aromatic heterocycles. The molecule has 0 bridgehead atoms. The van der Waals surface area contributed by atoms with Gasteiger partial charge in [0.2, 0.25) is 0 Å². The number of anilines is 1. The molecule has 7 heteroatoms. The monoisotopic (exact) mass is 348 g/mol. The van der Waals surface area contributed by atoms with Crippen molar-refractivity contribution < 1.29 is 9.47 Å². The number of hydrogen-bond acceptors (Lipinski definition) is 5. The summed E-state index contributed by atoms with van der Waals surface area (Å²) in [6, 6.07) is 5.44. The zero-order valence-corrected chi connectivity index (χ0v) is 15.5. The molecule has 0 radical (unpaired) electrons. The lowest BCUT2D eigenvalue weighted by atomic mass is 9.98. The topological polar surface area (TPSA) is 81.8 Å². The zero-order valence-electron chi connectivity index (χ0n) is 14.7. The Morgan fingerprint density at radius 3 is 2.62 bits per heavy atom. The minimum Gasteiger partial charge on any atom is -0.497 e. The lowest BCUT2D eigenvalue weighted by molar-refractivity contribution is 0.405. The van der Waals surface area contributed by atoms with E-state index >= 15 is 0 Å². The number of guanidine groups is 1. The van der Waals surface area contributed by atoms with Gasteiger partial charge in [-0.1, -0.05) is 20.8 Å². The van der Waals surface area contributed by atoms with Gasteiger partial charge in [-0.25, -0.2) is 9.98 Å². The third kappa shape index (κ3) is 4.61. The molecule has 1 aromatic carbocycles. The molecule has 0 fully saturated rings. The van der Waals surface area contributed by atoms with Gasteiger partial charge in [-0.15, -0.1) is 11.3 Å². The Bertz CT molecular complexity index is 720. The van der Waals surface area contributed by atoms with Crippen LogP contribution in [-0.2, 0) is 12.0 Å². The van der Waals surface area contributed by atoms with Gasteiger partial charge in [0.05, 0.1) is 37.2 Å². The van der Waals surface area contributed by atoms with Gasteiger partial charge in [0.15, 0.2) is 5.96 Å². The molecule has 0 aliphatic carbocycles. The van der Waals surface area contributed by atoms with Gasteiger partial charge in [-0.2, -0.15) is 0 Å². The molecule has 6 nitrogen and oxygen atoms in total. The molecule has 1 heterocycles. The highest BCUT2D eigenvalue weighted by Gasteiger charge is 2.17. The molecule has 24 heavy (non-hydrogen) atoms. The molecule has 0 aliphatic rings. The maximum absolute atomic E-state index is 5.98. The van der Waals surface area contributed by atoms with Crippen LogP contribution in [0.25, 0.3) is 0 Å². The Hall–Kier alpha value is -2.28. The number of thiazole rings is 1. The van der Waals surface area contributed by atoms with E-state index in [1.807, 2.05) is 23.6 Å². The lowest BCUT2D eigenvalue weighted by Gasteiger charge is -2.13. The molecular formula is C17H24N4O2S. The van der Waals surface area contributed by atoms with Crippen LogP contribution in [0, 0.1) is 0 Å². The number of nitrogens with one attached hydrogen (secondary N) is 1. The van der Waals surface area contributed by atoms with E-state index in [1.165, 1.54) is 0 Å². The molecular weight excluding hydrogens is 324 g/mol. The molecule has 0 atom stereocenters. The van der Waals surface area contributed by atoms with Gasteiger partial charge in [0.1, 0.15) is 11.5 Å². The van der Waals surface area contributed by atoms with Gasteiger partial charge in [0, 0.05) is 16.9 Å². The summed E-state index contributed by atoms with van der Waals surface area (Å²) in [5, 5.41) is 6.15. The largest absolute Gasteiger partial charge is 0.497 e. The summed E-state index contributed by atoms with van der Waals surface area (Å²) in [4.78, 5) is 8.95. The normalized spacial score (nSPS) is 12.1. The van der Waals surface area contributed by atoms with Crippen LogP contribution in [-0.4, -0.2) is 25.2 Å². The summed E-state index contributed by atoms with van der Waals surface area (Å²) < 4.78 is 10.5. The number of benzene rings is 1. The number of nitrogens with two attached hydrogens (primary N) is 1. The average molecular weight is 348 g/mol. The summed E-state index contributed by atoms with van der Waals surface area (Å²) in [5.41, 5.74) is 7.64. The second-order valence-corrected chi connectivity index (χ2v) is 7.14. The highest BCUT2D eigenvalue weighted by atomic mass is 32.1. The van der Waals surface area contributed by atoms with Crippen molar-refractivity contribution in [2.45, 2.75) is 32.7 Å². The number of nitrogens with zero attached hydrogens (tertiary/aromatic N) is 2. The molecule has 0 saturated carbocycles. The molecule has 2 rings (SSSR count). The van der Waals surface area contributed by atoms with Crippen molar-refractivity contribution in [3.05, 3.63) is 34.3 Å². The van der Waals surface area contributed by atoms with Gasteiger partial charge in [0.25, 0.3) is 0 Å². The maximum Gasteiger partial charge on any atom is 0.193 e. The average Bonchev–Trinajstić information content (AvgIpc) is 3.02. The van der Waals surface area contributed by atoms with Crippen molar-refractivity contribution in [1.29, 1.82) is 0 Å². The van der Waals surface area contributed by atoms with Crippen LogP contribution in [0.3, 0.4) is 0 Å². The van der Waals surface area contributed by atoms with Crippen LogP contribution in [0.1, 0.15) is 31.5 Å². The van der Waals surface area contributed by atoms with Gasteiger partial charge < -0.3 is 20.5 Å². The molecule has 0 unspecified atom stereocenters. The second-order valence-electron chi connectivity index (χ2n) is 6.29. The molecule has 3 N–H and O–H groups in total. The molecule has 130 valence electrons. The first kappa shape index (κ1) is 18.1. The third-order valence-corrected chi connectivity index (χ3v) is 4.59. The SMILES string of the molecule is COc1ccc(OC)c(NC(N)=NCc2csc(C(C)(C)C)n2)c1. The highest BCUT2D eigenvalue weighted by molar-refractivity contribution is 7.09.